The molecule has 0 aliphatic heterocycles. The number of halogens is 1. The zero-order valence-electron chi connectivity index (χ0n) is 18.1. The molecule has 3 aromatic carbocycles. The summed E-state index contributed by atoms with van der Waals surface area (Å²) in [6.45, 7) is 0. The summed E-state index contributed by atoms with van der Waals surface area (Å²) < 4.78 is 1.80. The molecule has 0 radical (unpaired) electrons. The molecule has 4 aromatic rings. The normalized spacial score (nSPS) is 14.2. The lowest BCUT2D eigenvalue weighted by Crippen LogP contribution is -2.30. The first kappa shape index (κ1) is 21.4. The van der Waals surface area contributed by atoms with Gasteiger partial charge in [-0.2, -0.15) is 0 Å². The number of aromatic nitrogens is 2. The number of amides is 1. The SMILES string of the molecule is O=C(CCc1nc2ccccc2c(=O)n1C1CC1)NC(c1ccccc1)c1ccc(Cl)cc1. The van der Waals surface area contributed by atoms with Crippen LogP contribution in [0.4, 0.5) is 0 Å². The molecule has 1 aliphatic carbocycles. The standard InChI is InChI=1S/C27H24ClN3O2/c28-20-12-10-19(11-13-20)26(18-6-2-1-3-7-18)30-25(32)17-16-24-29-23-9-5-4-8-22(23)27(33)31(24)21-14-15-21/h1-13,21,26H,14-17H2,(H,30,32). The zero-order chi connectivity index (χ0) is 22.8. The van der Waals surface area contributed by atoms with E-state index in [1.165, 1.54) is 0 Å². The third-order valence-corrected chi connectivity index (χ3v) is 6.26. The van der Waals surface area contributed by atoms with Crippen molar-refractivity contribution in [3.05, 3.63) is 111 Å². The van der Waals surface area contributed by atoms with Crippen molar-refractivity contribution in [3.8, 4) is 0 Å². The molecule has 0 saturated heterocycles. The molecule has 1 aliphatic rings. The fraction of sp³-hybridized carbons (Fsp3) is 0.222. The van der Waals surface area contributed by atoms with Crippen molar-refractivity contribution < 1.29 is 4.79 Å². The highest BCUT2D eigenvalue weighted by molar-refractivity contribution is 6.30. The minimum atomic E-state index is -0.286. The molecular formula is C27H24ClN3O2. The van der Waals surface area contributed by atoms with E-state index in [-0.39, 0.29) is 30.0 Å². The van der Waals surface area contributed by atoms with E-state index in [1.54, 1.807) is 4.57 Å². The molecule has 1 amide bonds. The third-order valence-electron chi connectivity index (χ3n) is 6.01. The summed E-state index contributed by atoms with van der Waals surface area (Å²) >= 11 is 6.06. The molecule has 1 atom stereocenters. The van der Waals surface area contributed by atoms with Crippen molar-refractivity contribution in [1.29, 1.82) is 0 Å². The maximum Gasteiger partial charge on any atom is 0.261 e. The Kier molecular flexibility index (Phi) is 5.97. The van der Waals surface area contributed by atoms with Crippen LogP contribution in [0.25, 0.3) is 10.9 Å². The molecule has 5 rings (SSSR count). The second kappa shape index (κ2) is 9.20. The number of hydrogen-bond donors (Lipinski definition) is 1. The van der Waals surface area contributed by atoms with Gasteiger partial charge in [-0.25, -0.2) is 4.98 Å². The van der Waals surface area contributed by atoms with Gasteiger partial charge in [0.25, 0.3) is 5.56 Å². The van der Waals surface area contributed by atoms with E-state index in [0.717, 1.165) is 24.0 Å². The van der Waals surface area contributed by atoms with Gasteiger partial charge >= 0.3 is 0 Å². The molecule has 1 unspecified atom stereocenters. The fourth-order valence-corrected chi connectivity index (χ4v) is 4.32. The van der Waals surface area contributed by atoms with Crippen molar-refractivity contribution in [1.82, 2.24) is 14.9 Å². The van der Waals surface area contributed by atoms with Crippen molar-refractivity contribution in [2.24, 2.45) is 0 Å². The van der Waals surface area contributed by atoms with Crippen LogP contribution in [0.15, 0.2) is 83.7 Å². The summed E-state index contributed by atoms with van der Waals surface area (Å²) in [5.41, 5.74) is 2.62. The summed E-state index contributed by atoms with van der Waals surface area (Å²) in [6, 6.07) is 24.7. The molecular weight excluding hydrogens is 434 g/mol. The number of rotatable bonds is 7. The number of carbonyl (C=O) groups excluding carboxylic acids is 1. The van der Waals surface area contributed by atoms with Crippen molar-refractivity contribution in [2.45, 2.75) is 37.8 Å². The van der Waals surface area contributed by atoms with Crippen LogP contribution < -0.4 is 10.9 Å². The Hall–Kier alpha value is -3.44. The van der Waals surface area contributed by atoms with E-state index in [9.17, 15) is 9.59 Å². The van der Waals surface area contributed by atoms with Crippen LogP contribution in [0.5, 0.6) is 0 Å². The Morgan fingerprint density at radius 1 is 0.970 bits per heavy atom. The molecule has 0 spiro atoms. The molecule has 0 bridgehead atoms. The van der Waals surface area contributed by atoms with Crippen molar-refractivity contribution in [3.63, 3.8) is 0 Å². The fourth-order valence-electron chi connectivity index (χ4n) is 4.20. The van der Waals surface area contributed by atoms with Gasteiger partial charge in [0.2, 0.25) is 5.91 Å². The van der Waals surface area contributed by atoms with Crippen LogP contribution in [-0.2, 0) is 11.2 Å². The highest BCUT2D eigenvalue weighted by atomic mass is 35.5. The molecule has 5 nitrogen and oxygen atoms in total. The number of nitrogens with one attached hydrogen (secondary N) is 1. The Morgan fingerprint density at radius 3 is 2.36 bits per heavy atom. The van der Waals surface area contributed by atoms with Gasteiger partial charge in [-0.05, 0) is 48.2 Å². The number of nitrogens with zero attached hydrogens (tertiary/aromatic N) is 2. The van der Waals surface area contributed by atoms with Gasteiger partial charge in [0.1, 0.15) is 5.82 Å². The average molecular weight is 458 g/mol. The number of hydrogen-bond acceptors (Lipinski definition) is 3. The minimum absolute atomic E-state index is 0.0122. The first-order chi connectivity index (χ1) is 16.1. The van der Waals surface area contributed by atoms with E-state index in [0.29, 0.717) is 28.2 Å². The van der Waals surface area contributed by atoms with Gasteiger partial charge < -0.3 is 5.32 Å². The lowest BCUT2D eigenvalue weighted by Gasteiger charge is -2.20. The number of fused-ring (bicyclic) bond motifs is 1. The summed E-state index contributed by atoms with van der Waals surface area (Å²) in [5, 5.41) is 4.44. The third kappa shape index (κ3) is 4.69. The van der Waals surface area contributed by atoms with Crippen LogP contribution in [-0.4, -0.2) is 15.5 Å². The highest BCUT2D eigenvalue weighted by Gasteiger charge is 2.28. The lowest BCUT2D eigenvalue weighted by molar-refractivity contribution is -0.121. The van der Waals surface area contributed by atoms with E-state index < -0.39 is 0 Å². The molecule has 1 aromatic heterocycles. The summed E-state index contributed by atoms with van der Waals surface area (Å²) in [7, 11) is 0. The number of carbonyl (C=O) groups is 1. The predicted octanol–water partition coefficient (Wildman–Crippen LogP) is 5.22. The molecule has 1 saturated carbocycles. The smallest absolute Gasteiger partial charge is 0.261 e. The van der Waals surface area contributed by atoms with Crippen LogP contribution in [0.1, 0.15) is 48.3 Å². The predicted molar refractivity (Wildman–Crippen MR) is 130 cm³/mol. The molecule has 166 valence electrons. The monoisotopic (exact) mass is 457 g/mol. The van der Waals surface area contributed by atoms with E-state index in [4.69, 9.17) is 16.6 Å². The van der Waals surface area contributed by atoms with Crippen molar-refractivity contribution >= 4 is 28.4 Å². The minimum Gasteiger partial charge on any atom is -0.345 e. The topological polar surface area (TPSA) is 64.0 Å². The zero-order valence-corrected chi connectivity index (χ0v) is 18.8. The number of aryl methyl sites for hydroxylation is 1. The largest absolute Gasteiger partial charge is 0.345 e. The van der Waals surface area contributed by atoms with Crippen LogP contribution in [0.2, 0.25) is 5.02 Å². The lowest BCUT2D eigenvalue weighted by atomic mass is 9.98. The Morgan fingerprint density at radius 2 is 1.64 bits per heavy atom. The van der Waals surface area contributed by atoms with Gasteiger partial charge in [0, 0.05) is 23.9 Å². The summed E-state index contributed by atoms with van der Waals surface area (Å²) in [4.78, 5) is 30.8. The second-order valence-electron chi connectivity index (χ2n) is 8.41. The second-order valence-corrected chi connectivity index (χ2v) is 8.85. The molecule has 1 fully saturated rings. The van der Waals surface area contributed by atoms with Gasteiger partial charge in [0.15, 0.2) is 0 Å². The van der Waals surface area contributed by atoms with E-state index in [2.05, 4.69) is 5.32 Å². The Balaban J connectivity index is 1.38. The first-order valence-electron chi connectivity index (χ1n) is 11.2. The van der Waals surface area contributed by atoms with Gasteiger partial charge in [-0.15, -0.1) is 0 Å². The Bertz CT molecular complexity index is 1350. The molecule has 33 heavy (non-hydrogen) atoms. The number of benzene rings is 3. The Labute approximate surface area is 197 Å². The van der Waals surface area contributed by atoms with E-state index in [1.807, 2.05) is 78.9 Å². The summed E-state index contributed by atoms with van der Waals surface area (Å²) in [5.74, 6) is 0.586. The van der Waals surface area contributed by atoms with Crippen LogP contribution in [0.3, 0.4) is 0 Å². The van der Waals surface area contributed by atoms with E-state index >= 15 is 0 Å². The van der Waals surface area contributed by atoms with Gasteiger partial charge in [0.05, 0.1) is 16.9 Å². The average Bonchev–Trinajstić information content (AvgIpc) is 3.68. The maximum absolute atomic E-state index is 13.1. The highest BCUT2D eigenvalue weighted by Crippen LogP contribution is 2.35. The first-order valence-corrected chi connectivity index (χ1v) is 11.6. The van der Waals surface area contributed by atoms with Gasteiger partial charge in [-0.1, -0.05) is 66.2 Å². The van der Waals surface area contributed by atoms with Gasteiger partial charge in [-0.3, -0.25) is 14.2 Å². The van der Waals surface area contributed by atoms with Crippen LogP contribution in [0, 0.1) is 0 Å². The maximum atomic E-state index is 13.1. The molecule has 1 N–H and O–H groups in total. The van der Waals surface area contributed by atoms with Crippen molar-refractivity contribution in [2.75, 3.05) is 0 Å². The number of para-hydroxylation sites is 1. The van der Waals surface area contributed by atoms with Crippen LogP contribution >= 0.6 is 11.6 Å². The molecule has 6 heteroatoms. The quantitative estimate of drug-likeness (QED) is 0.413. The molecule has 1 heterocycles. The summed E-state index contributed by atoms with van der Waals surface area (Å²) in [6.07, 6.45) is 2.61.